The first-order valence-electron chi connectivity index (χ1n) is 8.77. The Morgan fingerprint density at radius 1 is 1.11 bits per heavy atom. The van der Waals surface area contributed by atoms with E-state index in [2.05, 4.69) is 17.4 Å². The highest BCUT2D eigenvalue weighted by atomic mass is 16.6. The number of carbonyl (C=O) groups excluding carboxylic acids is 1. The van der Waals surface area contributed by atoms with Gasteiger partial charge in [-0.15, -0.1) is 0 Å². The van der Waals surface area contributed by atoms with Crippen molar-refractivity contribution in [2.24, 2.45) is 0 Å². The fourth-order valence-corrected chi connectivity index (χ4v) is 3.41. The second-order valence-corrected chi connectivity index (χ2v) is 6.84. The summed E-state index contributed by atoms with van der Waals surface area (Å²) in [7, 11) is 1.39. The fourth-order valence-electron chi connectivity index (χ4n) is 3.41. The third kappa shape index (κ3) is 3.40. The van der Waals surface area contributed by atoms with Gasteiger partial charge in [-0.2, -0.15) is 0 Å². The topological polar surface area (TPSA) is 84.9 Å². The van der Waals surface area contributed by atoms with Crippen LogP contribution in [0.3, 0.4) is 0 Å². The summed E-state index contributed by atoms with van der Waals surface area (Å²) in [5.41, 5.74) is 2.86. The number of hydrogen-bond acceptors (Lipinski definition) is 4. The van der Waals surface area contributed by atoms with Crippen molar-refractivity contribution in [3.63, 3.8) is 0 Å². The molecule has 2 atom stereocenters. The zero-order chi connectivity index (χ0) is 19.6. The predicted molar refractivity (Wildman–Crippen MR) is 101 cm³/mol. The molecule has 0 bridgehead atoms. The average Bonchev–Trinajstić information content (AvgIpc) is 2.99. The summed E-state index contributed by atoms with van der Waals surface area (Å²) in [4.78, 5) is 23.9. The Hall–Kier alpha value is -2.86. The molecule has 1 aliphatic rings. The maximum atomic E-state index is 12.3. The number of hydrogen-bond donors (Lipinski definition) is 2. The Balaban J connectivity index is 1.75. The lowest BCUT2D eigenvalue weighted by atomic mass is 9.96. The van der Waals surface area contributed by atoms with Crippen LogP contribution in [-0.4, -0.2) is 42.5 Å². The Bertz CT molecular complexity index is 820. The molecule has 0 aliphatic heterocycles. The van der Waals surface area contributed by atoms with E-state index in [-0.39, 0.29) is 12.5 Å². The Labute approximate surface area is 158 Å². The maximum Gasteiger partial charge on any atom is 0.408 e. The van der Waals surface area contributed by atoms with Gasteiger partial charge in [0.05, 0.1) is 6.10 Å². The number of carboxylic acids is 1. The lowest BCUT2D eigenvalue weighted by molar-refractivity contribution is -0.149. The predicted octanol–water partition coefficient (Wildman–Crippen LogP) is 3.40. The molecule has 0 heterocycles. The molecule has 0 aromatic heterocycles. The number of aliphatic carboxylic acids is 1. The zero-order valence-electron chi connectivity index (χ0n) is 15.6. The lowest BCUT2D eigenvalue weighted by Crippen LogP contribution is -2.59. The SMILES string of the molecule is COC(C)C(C)(NC(=O)OCC1c2ccccc2-c2ccccc21)C(=O)O. The summed E-state index contributed by atoms with van der Waals surface area (Å²) in [5.74, 6) is -1.27. The molecule has 6 heteroatoms. The summed E-state index contributed by atoms with van der Waals surface area (Å²) in [6.45, 7) is 3.10. The molecule has 2 unspecified atom stereocenters. The van der Waals surface area contributed by atoms with E-state index in [9.17, 15) is 14.7 Å². The van der Waals surface area contributed by atoms with E-state index < -0.39 is 23.7 Å². The third-order valence-electron chi connectivity index (χ3n) is 5.32. The van der Waals surface area contributed by atoms with Crippen LogP contribution in [0, 0.1) is 0 Å². The summed E-state index contributed by atoms with van der Waals surface area (Å²) in [6, 6.07) is 16.0. The standard InChI is InChI=1S/C21H23NO5/c1-13(26-3)21(2,19(23)24)22-20(25)27-12-18-16-10-6-4-8-14(16)15-9-5-7-11-17(15)18/h4-11,13,18H,12H2,1-3H3,(H,22,25)(H,23,24). The van der Waals surface area contributed by atoms with Gasteiger partial charge in [0.1, 0.15) is 6.61 Å². The molecule has 0 spiro atoms. The average molecular weight is 369 g/mol. The molecule has 0 saturated heterocycles. The van der Waals surface area contributed by atoms with Crippen LogP contribution in [0.15, 0.2) is 48.5 Å². The molecule has 2 aromatic rings. The van der Waals surface area contributed by atoms with E-state index in [0.29, 0.717) is 0 Å². The first-order chi connectivity index (χ1) is 12.9. The lowest BCUT2D eigenvalue weighted by Gasteiger charge is -2.31. The minimum atomic E-state index is -1.59. The number of nitrogens with one attached hydrogen (secondary N) is 1. The number of carboxylic acid groups (broad SMARTS) is 1. The van der Waals surface area contributed by atoms with Gasteiger partial charge in [0.25, 0.3) is 0 Å². The van der Waals surface area contributed by atoms with Crippen LogP contribution < -0.4 is 5.32 Å². The first kappa shape index (κ1) is 18.9. The summed E-state index contributed by atoms with van der Waals surface area (Å²) in [6.07, 6.45) is -1.51. The maximum absolute atomic E-state index is 12.3. The second kappa shape index (κ2) is 7.40. The number of rotatable bonds is 6. The van der Waals surface area contributed by atoms with Gasteiger partial charge in [-0.25, -0.2) is 9.59 Å². The van der Waals surface area contributed by atoms with E-state index in [1.54, 1.807) is 6.92 Å². The quantitative estimate of drug-likeness (QED) is 0.815. The first-order valence-corrected chi connectivity index (χ1v) is 8.77. The van der Waals surface area contributed by atoms with E-state index in [0.717, 1.165) is 22.3 Å². The van der Waals surface area contributed by atoms with Gasteiger partial charge in [0, 0.05) is 13.0 Å². The summed E-state index contributed by atoms with van der Waals surface area (Å²) in [5, 5.41) is 11.9. The van der Waals surface area contributed by atoms with Crippen molar-refractivity contribution >= 4 is 12.1 Å². The van der Waals surface area contributed by atoms with Crippen molar-refractivity contribution in [2.75, 3.05) is 13.7 Å². The Morgan fingerprint density at radius 2 is 1.63 bits per heavy atom. The van der Waals surface area contributed by atoms with E-state index in [1.165, 1.54) is 14.0 Å². The molecular weight excluding hydrogens is 346 g/mol. The minimum absolute atomic E-state index is 0.0842. The highest BCUT2D eigenvalue weighted by molar-refractivity contribution is 5.85. The van der Waals surface area contributed by atoms with Crippen molar-refractivity contribution in [3.05, 3.63) is 59.7 Å². The van der Waals surface area contributed by atoms with Gasteiger partial charge in [-0.05, 0) is 36.1 Å². The fraction of sp³-hybridized carbons (Fsp3) is 0.333. The van der Waals surface area contributed by atoms with E-state index in [1.807, 2.05) is 36.4 Å². The van der Waals surface area contributed by atoms with Crippen molar-refractivity contribution in [1.29, 1.82) is 0 Å². The highest BCUT2D eigenvalue weighted by Crippen LogP contribution is 2.44. The van der Waals surface area contributed by atoms with Crippen LogP contribution in [-0.2, 0) is 14.3 Å². The number of fused-ring (bicyclic) bond motifs is 3. The molecule has 3 rings (SSSR count). The second-order valence-electron chi connectivity index (χ2n) is 6.84. The molecule has 1 amide bonds. The van der Waals surface area contributed by atoms with Crippen LogP contribution in [0.4, 0.5) is 4.79 Å². The third-order valence-corrected chi connectivity index (χ3v) is 5.32. The van der Waals surface area contributed by atoms with Crippen molar-refractivity contribution in [3.8, 4) is 11.1 Å². The molecule has 142 valence electrons. The van der Waals surface area contributed by atoms with Crippen LogP contribution in [0.2, 0.25) is 0 Å². The molecule has 1 aliphatic carbocycles. The van der Waals surface area contributed by atoms with Gasteiger partial charge in [0.2, 0.25) is 0 Å². The Kier molecular flexibility index (Phi) is 5.19. The highest BCUT2D eigenvalue weighted by Gasteiger charge is 2.42. The zero-order valence-corrected chi connectivity index (χ0v) is 15.6. The smallest absolute Gasteiger partial charge is 0.408 e. The number of benzene rings is 2. The van der Waals surface area contributed by atoms with E-state index in [4.69, 9.17) is 9.47 Å². The number of amides is 1. The molecule has 0 saturated carbocycles. The summed E-state index contributed by atoms with van der Waals surface area (Å²) < 4.78 is 10.5. The van der Waals surface area contributed by atoms with Gasteiger partial charge < -0.3 is 19.9 Å². The molecule has 2 aromatic carbocycles. The number of ether oxygens (including phenoxy) is 2. The molecule has 0 radical (unpaired) electrons. The van der Waals surface area contributed by atoms with Crippen LogP contribution in [0.5, 0.6) is 0 Å². The molecule has 6 nitrogen and oxygen atoms in total. The van der Waals surface area contributed by atoms with Crippen molar-refractivity contribution < 1.29 is 24.2 Å². The number of methoxy groups -OCH3 is 1. The van der Waals surface area contributed by atoms with Crippen LogP contribution in [0.25, 0.3) is 11.1 Å². The van der Waals surface area contributed by atoms with Gasteiger partial charge in [-0.3, -0.25) is 0 Å². The molecule has 2 N–H and O–H groups in total. The molecular formula is C21H23NO5. The summed E-state index contributed by atoms with van der Waals surface area (Å²) >= 11 is 0. The van der Waals surface area contributed by atoms with Crippen LogP contribution in [0.1, 0.15) is 30.9 Å². The van der Waals surface area contributed by atoms with Crippen LogP contribution >= 0.6 is 0 Å². The number of alkyl carbamates (subject to hydrolysis) is 1. The Morgan fingerprint density at radius 3 is 2.11 bits per heavy atom. The minimum Gasteiger partial charge on any atom is -0.479 e. The largest absolute Gasteiger partial charge is 0.479 e. The van der Waals surface area contributed by atoms with Crippen molar-refractivity contribution in [2.45, 2.75) is 31.4 Å². The number of carbonyl (C=O) groups is 2. The van der Waals surface area contributed by atoms with E-state index >= 15 is 0 Å². The van der Waals surface area contributed by atoms with Gasteiger partial charge in [0.15, 0.2) is 5.54 Å². The molecule has 0 fully saturated rings. The van der Waals surface area contributed by atoms with Crippen molar-refractivity contribution in [1.82, 2.24) is 5.32 Å². The van der Waals surface area contributed by atoms with Gasteiger partial charge in [-0.1, -0.05) is 48.5 Å². The molecule has 27 heavy (non-hydrogen) atoms. The normalized spacial score (nSPS) is 16.0. The van der Waals surface area contributed by atoms with Gasteiger partial charge >= 0.3 is 12.1 Å². The monoisotopic (exact) mass is 369 g/mol.